The van der Waals surface area contributed by atoms with Gasteiger partial charge in [-0.05, 0) is 24.7 Å². The molecule has 7 nitrogen and oxygen atoms in total. The van der Waals surface area contributed by atoms with Crippen LogP contribution in [0.1, 0.15) is 32.4 Å². The highest BCUT2D eigenvalue weighted by molar-refractivity contribution is 5.97. The van der Waals surface area contributed by atoms with Crippen molar-refractivity contribution in [1.82, 2.24) is 25.2 Å². The number of hydrogen-bond acceptors (Lipinski definition) is 4. The highest BCUT2D eigenvalue weighted by Gasteiger charge is 2.48. The van der Waals surface area contributed by atoms with Gasteiger partial charge in [-0.3, -0.25) is 14.3 Å². The number of amides is 2. The normalized spacial score (nSPS) is 26.4. The van der Waals surface area contributed by atoms with Crippen molar-refractivity contribution in [1.29, 1.82) is 0 Å². The molecule has 114 valence electrons. The standard InChI is InChI=1S/C14H21N5O2/c1-8(2)11-14(21)19(7-10-6-18(3)17-16-10)12(9-4-5-9)13(20)15-11/h6,8-9,11-12H,4-5,7H2,1-3H3,(H,15,20). The number of aryl methyl sites for hydroxylation is 1. The lowest BCUT2D eigenvalue weighted by molar-refractivity contribution is -0.152. The van der Waals surface area contributed by atoms with E-state index in [1.807, 2.05) is 13.8 Å². The first-order valence-electron chi connectivity index (χ1n) is 7.43. The molecule has 0 radical (unpaired) electrons. The van der Waals surface area contributed by atoms with Crippen LogP contribution in [0.5, 0.6) is 0 Å². The first-order chi connectivity index (χ1) is 9.97. The van der Waals surface area contributed by atoms with Crippen molar-refractivity contribution in [2.24, 2.45) is 18.9 Å². The van der Waals surface area contributed by atoms with Crippen molar-refractivity contribution >= 4 is 11.8 Å². The molecule has 7 heteroatoms. The molecule has 1 aromatic rings. The zero-order valence-corrected chi connectivity index (χ0v) is 12.6. The number of nitrogens with one attached hydrogen (secondary N) is 1. The van der Waals surface area contributed by atoms with Crippen molar-refractivity contribution in [3.8, 4) is 0 Å². The van der Waals surface area contributed by atoms with Gasteiger partial charge in [-0.1, -0.05) is 19.1 Å². The van der Waals surface area contributed by atoms with Gasteiger partial charge in [-0.2, -0.15) is 0 Å². The predicted octanol–water partition coefficient (Wildman–Crippen LogP) is 0.0767. The Labute approximate surface area is 123 Å². The second-order valence-electron chi connectivity index (χ2n) is 6.36. The number of hydrogen-bond donors (Lipinski definition) is 1. The molecule has 2 heterocycles. The third-order valence-corrected chi connectivity index (χ3v) is 4.17. The maximum atomic E-state index is 12.7. The van der Waals surface area contributed by atoms with Crippen LogP contribution in [-0.2, 0) is 23.2 Å². The van der Waals surface area contributed by atoms with E-state index in [0.29, 0.717) is 18.2 Å². The molecule has 3 rings (SSSR count). The predicted molar refractivity (Wildman–Crippen MR) is 74.8 cm³/mol. The van der Waals surface area contributed by atoms with E-state index in [1.165, 1.54) is 0 Å². The summed E-state index contributed by atoms with van der Waals surface area (Å²) in [5.41, 5.74) is 0.716. The quantitative estimate of drug-likeness (QED) is 0.852. The first-order valence-corrected chi connectivity index (χ1v) is 7.43. The second-order valence-corrected chi connectivity index (χ2v) is 6.36. The van der Waals surface area contributed by atoms with Crippen LogP contribution in [-0.4, -0.2) is 43.8 Å². The summed E-state index contributed by atoms with van der Waals surface area (Å²) in [7, 11) is 1.79. The van der Waals surface area contributed by atoms with E-state index < -0.39 is 6.04 Å². The molecule has 2 fully saturated rings. The number of carbonyl (C=O) groups excluding carboxylic acids is 2. The number of rotatable bonds is 4. The lowest BCUT2D eigenvalue weighted by Gasteiger charge is -2.40. The van der Waals surface area contributed by atoms with E-state index in [9.17, 15) is 9.59 Å². The van der Waals surface area contributed by atoms with E-state index in [4.69, 9.17) is 0 Å². The maximum absolute atomic E-state index is 12.7. The number of nitrogens with zero attached hydrogens (tertiary/aromatic N) is 4. The van der Waals surface area contributed by atoms with Crippen molar-refractivity contribution in [3.63, 3.8) is 0 Å². The second kappa shape index (κ2) is 5.13. The van der Waals surface area contributed by atoms with Gasteiger partial charge >= 0.3 is 0 Å². The van der Waals surface area contributed by atoms with E-state index in [2.05, 4.69) is 15.6 Å². The van der Waals surface area contributed by atoms with E-state index in [0.717, 1.165) is 12.8 Å². The van der Waals surface area contributed by atoms with E-state index in [-0.39, 0.29) is 23.8 Å². The topological polar surface area (TPSA) is 80.1 Å². The highest BCUT2D eigenvalue weighted by atomic mass is 16.2. The van der Waals surface area contributed by atoms with Crippen molar-refractivity contribution in [3.05, 3.63) is 11.9 Å². The summed E-state index contributed by atoms with van der Waals surface area (Å²) in [6, 6.07) is -0.793. The molecular weight excluding hydrogens is 270 g/mol. The molecule has 21 heavy (non-hydrogen) atoms. The lowest BCUT2D eigenvalue weighted by atomic mass is 9.96. The summed E-state index contributed by atoms with van der Waals surface area (Å²) >= 11 is 0. The Morgan fingerprint density at radius 3 is 2.62 bits per heavy atom. The summed E-state index contributed by atoms with van der Waals surface area (Å²) in [6.45, 7) is 4.24. The van der Waals surface area contributed by atoms with Crippen LogP contribution in [0.3, 0.4) is 0 Å². The molecule has 1 saturated carbocycles. The van der Waals surface area contributed by atoms with Crippen LogP contribution in [0.25, 0.3) is 0 Å². The summed E-state index contributed by atoms with van der Waals surface area (Å²) in [5, 5.41) is 10.8. The molecule has 2 amide bonds. The van der Waals surface area contributed by atoms with Crippen molar-refractivity contribution in [2.45, 2.75) is 45.3 Å². The third-order valence-electron chi connectivity index (χ3n) is 4.17. The Bertz CT molecular complexity index is 563. The summed E-state index contributed by atoms with van der Waals surface area (Å²) < 4.78 is 1.61. The number of piperazine rings is 1. The zero-order valence-electron chi connectivity index (χ0n) is 12.6. The number of carbonyl (C=O) groups is 2. The molecular formula is C14H21N5O2. The minimum Gasteiger partial charge on any atom is -0.342 e. The molecule has 1 saturated heterocycles. The van der Waals surface area contributed by atoms with Gasteiger partial charge < -0.3 is 10.2 Å². The molecule has 2 aliphatic rings. The highest BCUT2D eigenvalue weighted by Crippen LogP contribution is 2.37. The van der Waals surface area contributed by atoms with E-state index in [1.54, 1.807) is 22.8 Å². The van der Waals surface area contributed by atoms with Gasteiger partial charge in [0.25, 0.3) is 0 Å². The van der Waals surface area contributed by atoms with Crippen LogP contribution in [0.4, 0.5) is 0 Å². The Morgan fingerprint density at radius 2 is 2.10 bits per heavy atom. The van der Waals surface area contributed by atoms with Crippen LogP contribution in [0, 0.1) is 11.8 Å². The Hall–Kier alpha value is -1.92. The molecule has 0 aromatic carbocycles. The SMILES string of the molecule is CC(C)C1NC(=O)C(C2CC2)N(Cc2cn(C)nn2)C1=O. The van der Waals surface area contributed by atoms with Crippen LogP contribution in [0.2, 0.25) is 0 Å². The molecule has 1 aliphatic carbocycles. The molecule has 1 N–H and O–H groups in total. The molecule has 1 aliphatic heterocycles. The third kappa shape index (κ3) is 2.64. The summed E-state index contributed by atoms with van der Waals surface area (Å²) in [4.78, 5) is 26.8. The fourth-order valence-corrected chi connectivity index (χ4v) is 2.91. The smallest absolute Gasteiger partial charge is 0.246 e. The minimum atomic E-state index is -0.441. The molecule has 0 bridgehead atoms. The monoisotopic (exact) mass is 291 g/mol. The van der Waals surface area contributed by atoms with Gasteiger partial charge in [0.1, 0.15) is 17.8 Å². The Balaban J connectivity index is 1.86. The van der Waals surface area contributed by atoms with Gasteiger partial charge in [-0.15, -0.1) is 5.10 Å². The molecule has 1 aromatic heterocycles. The molecule has 2 atom stereocenters. The summed E-state index contributed by atoms with van der Waals surface area (Å²) in [6.07, 6.45) is 3.80. The Kier molecular flexibility index (Phi) is 3.43. The van der Waals surface area contributed by atoms with Crippen molar-refractivity contribution in [2.75, 3.05) is 0 Å². The Morgan fingerprint density at radius 1 is 1.38 bits per heavy atom. The van der Waals surface area contributed by atoms with Gasteiger partial charge in [0.05, 0.1) is 6.54 Å². The largest absolute Gasteiger partial charge is 0.342 e. The zero-order chi connectivity index (χ0) is 15.1. The average Bonchev–Trinajstić information content (AvgIpc) is 3.16. The first kappa shape index (κ1) is 14.0. The summed E-state index contributed by atoms with van der Waals surface area (Å²) in [5.74, 6) is 0.330. The lowest BCUT2D eigenvalue weighted by Crippen LogP contribution is -2.65. The van der Waals surface area contributed by atoms with Gasteiger partial charge in [0.2, 0.25) is 11.8 Å². The number of aromatic nitrogens is 3. The fraction of sp³-hybridized carbons (Fsp3) is 0.714. The van der Waals surface area contributed by atoms with Gasteiger partial charge in [0, 0.05) is 13.2 Å². The fourth-order valence-electron chi connectivity index (χ4n) is 2.91. The maximum Gasteiger partial charge on any atom is 0.246 e. The van der Waals surface area contributed by atoms with Crippen LogP contribution in [0.15, 0.2) is 6.20 Å². The van der Waals surface area contributed by atoms with Gasteiger partial charge in [0.15, 0.2) is 0 Å². The average molecular weight is 291 g/mol. The van der Waals surface area contributed by atoms with Gasteiger partial charge in [-0.25, -0.2) is 0 Å². The van der Waals surface area contributed by atoms with E-state index >= 15 is 0 Å². The minimum absolute atomic E-state index is 0.00727. The van der Waals surface area contributed by atoms with Crippen LogP contribution >= 0.6 is 0 Å². The van der Waals surface area contributed by atoms with Crippen molar-refractivity contribution < 1.29 is 9.59 Å². The molecule has 0 spiro atoms. The molecule has 2 unspecified atom stereocenters. The van der Waals surface area contributed by atoms with Crippen LogP contribution < -0.4 is 5.32 Å².